The normalized spacial score (nSPS) is 19.6. The highest BCUT2D eigenvalue weighted by atomic mass is 79.9. The van der Waals surface area contributed by atoms with E-state index in [-0.39, 0.29) is 10.6 Å². The summed E-state index contributed by atoms with van der Waals surface area (Å²) >= 11 is 3.22. The van der Waals surface area contributed by atoms with Crippen LogP contribution in [0.5, 0.6) is 0 Å². The van der Waals surface area contributed by atoms with Gasteiger partial charge in [-0.25, -0.2) is 4.98 Å². The Balaban J connectivity index is 2.40. The Morgan fingerprint density at radius 2 is 2.47 bits per heavy atom. The molecule has 1 unspecified atom stereocenters. The molecule has 1 fully saturated rings. The van der Waals surface area contributed by atoms with Gasteiger partial charge in [-0.1, -0.05) is 6.92 Å². The van der Waals surface area contributed by atoms with Crippen LogP contribution < -0.4 is 4.90 Å². The number of rotatable bonds is 3. The van der Waals surface area contributed by atoms with Crippen molar-refractivity contribution < 1.29 is 4.92 Å². The second-order valence-electron chi connectivity index (χ2n) is 4.15. The second-order valence-corrected chi connectivity index (χ2v) is 5.07. The smallest absolute Gasteiger partial charge is 0.312 e. The van der Waals surface area contributed by atoms with Gasteiger partial charge in [-0.05, 0) is 35.2 Å². The molecule has 17 heavy (non-hydrogen) atoms. The molecule has 2 heterocycles. The number of nitrogens with zero attached hydrogens (tertiary/aromatic N) is 3. The highest BCUT2D eigenvalue weighted by molar-refractivity contribution is 9.10. The number of hydrogen-bond acceptors (Lipinski definition) is 4. The third kappa shape index (κ3) is 2.41. The van der Waals surface area contributed by atoms with Gasteiger partial charge < -0.3 is 4.90 Å². The van der Waals surface area contributed by atoms with Crippen LogP contribution in [0.15, 0.2) is 16.7 Å². The number of nitro groups is 1. The van der Waals surface area contributed by atoms with Gasteiger partial charge in [-0.15, -0.1) is 0 Å². The predicted molar refractivity (Wildman–Crippen MR) is 69.3 cm³/mol. The molecule has 0 radical (unpaired) electrons. The van der Waals surface area contributed by atoms with E-state index in [0.29, 0.717) is 16.3 Å². The number of aromatic nitrogens is 1. The summed E-state index contributed by atoms with van der Waals surface area (Å²) in [6, 6.07) is 1.90. The lowest BCUT2D eigenvalue weighted by Crippen LogP contribution is -2.29. The fourth-order valence-electron chi connectivity index (χ4n) is 2.32. The zero-order chi connectivity index (χ0) is 12.4. The van der Waals surface area contributed by atoms with Gasteiger partial charge in [0, 0.05) is 29.3 Å². The molecule has 92 valence electrons. The lowest BCUT2D eigenvalue weighted by Gasteiger charge is -2.24. The van der Waals surface area contributed by atoms with Gasteiger partial charge in [0.2, 0.25) is 5.82 Å². The van der Waals surface area contributed by atoms with Gasteiger partial charge in [-0.3, -0.25) is 10.1 Å². The first-order valence-corrected chi connectivity index (χ1v) is 6.49. The minimum absolute atomic E-state index is 0.0831. The summed E-state index contributed by atoms with van der Waals surface area (Å²) in [7, 11) is 0. The van der Waals surface area contributed by atoms with Crippen LogP contribution in [-0.4, -0.2) is 22.5 Å². The molecule has 6 heteroatoms. The maximum Gasteiger partial charge on any atom is 0.312 e. The summed E-state index contributed by atoms with van der Waals surface area (Å²) in [5.74, 6) is 0.502. The molecule has 0 aliphatic carbocycles. The van der Waals surface area contributed by atoms with E-state index in [1.54, 1.807) is 6.20 Å². The number of hydrogen-bond donors (Lipinski definition) is 0. The van der Waals surface area contributed by atoms with Crippen LogP contribution in [0.4, 0.5) is 11.5 Å². The molecule has 0 N–H and O–H groups in total. The number of anilines is 1. The molecule has 1 atom stereocenters. The maximum absolute atomic E-state index is 11.0. The third-order valence-electron chi connectivity index (χ3n) is 3.13. The minimum atomic E-state index is -0.363. The molecule has 1 aliphatic heterocycles. The van der Waals surface area contributed by atoms with Crippen LogP contribution in [0.3, 0.4) is 0 Å². The summed E-state index contributed by atoms with van der Waals surface area (Å²) in [6.07, 6.45) is 4.78. The second kappa shape index (κ2) is 5.00. The van der Waals surface area contributed by atoms with Crippen LogP contribution >= 0.6 is 15.9 Å². The highest BCUT2D eigenvalue weighted by Gasteiger charge is 2.29. The monoisotopic (exact) mass is 299 g/mol. The summed E-state index contributed by atoms with van der Waals surface area (Å²) < 4.78 is 0.639. The zero-order valence-electron chi connectivity index (χ0n) is 9.60. The molecule has 0 bridgehead atoms. The molecule has 1 aromatic rings. The first-order chi connectivity index (χ1) is 8.13. The fraction of sp³-hybridized carbons (Fsp3) is 0.545. The summed E-state index contributed by atoms with van der Waals surface area (Å²) in [4.78, 5) is 17.0. The maximum atomic E-state index is 11.0. The van der Waals surface area contributed by atoms with Crippen molar-refractivity contribution in [2.45, 2.75) is 32.2 Å². The van der Waals surface area contributed by atoms with Gasteiger partial charge in [0.1, 0.15) is 0 Å². The number of halogens is 1. The van der Waals surface area contributed by atoms with E-state index in [2.05, 4.69) is 32.7 Å². The SMILES string of the molecule is CCC1CCCN1c1ncc(Br)cc1[N+](=O)[O-]. The van der Waals surface area contributed by atoms with E-state index in [4.69, 9.17) is 0 Å². The summed E-state index contributed by atoms with van der Waals surface area (Å²) in [5, 5.41) is 11.0. The van der Waals surface area contributed by atoms with Crippen molar-refractivity contribution in [3.05, 3.63) is 26.9 Å². The van der Waals surface area contributed by atoms with Crippen molar-refractivity contribution in [3.8, 4) is 0 Å². The molecule has 0 aromatic carbocycles. The fourth-order valence-corrected chi connectivity index (χ4v) is 2.64. The van der Waals surface area contributed by atoms with Crippen molar-refractivity contribution >= 4 is 27.4 Å². The molecule has 2 rings (SSSR count). The van der Waals surface area contributed by atoms with Gasteiger partial charge in [0.25, 0.3) is 0 Å². The van der Waals surface area contributed by atoms with E-state index >= 15 is 0 Å². The van der Waals surface area contributed by atoms with Crippen LogP contribution in [0.25, 0.3) is 0 Å². The van der Waals surface area contributed by atoms with Crippen LogP contribution in [0.1, 0.15) is 26.2 Å². The molecular formula is C11H14BrN3O2. The highest BCUT2D eigenvalue weighted by Crippen LogP contribution is 2.33. The first kappa shape index (κ1) is 12.3. The lowest BCUT2D eigenvalue weighted by atomic mass is 10.2. The van der Waals surface area contributed by atoms with Gasteiger partial charge in [0.15, 0.2) is 0 Å². The molecule has 0 amide bonds. The van der Waals surface area contributed by atoms with Gasteiger partial charge in [0.05, 0.1) is 4.92 Å². The van der Waals surface area contributed by atoms with Crippen LogP contribution in [0.2, 0.25) is 0 Å². The minimum Gasteiger partial charge on any atom is -0.348 e. The van der Waals surface area contributed by atoms with Crippen molar-refractivity contribution in [1.29, 1.82) is 0 Å². The van der Waals surface area contributed by atoms with Gasteiger partial charge >= 0.3 is 5.69 Å². The largest absolute Gasteiger partial charge is 0.348 e. The Labute approximate surface area is 108 Å². The third-order valence-corrected chi connectivity index (χ3v) is 3.56. The molecule has 0 saturated carbocycles. The Bertz CT molecular complexity index is 439. The Kier molecular flexibility index (Phi) is 3.61. The van der Waals surface area contributed by atoms with E-state index in [1.165, 1.54) is 6.07 Å². The zero-order valence-corrected chi connectivity index (χ0v) is 11.2. The lowest BCUT2D eigenvalue weighted by molar-refractivity contribution is -0.384. The number of pyridine rings is 1. The standard InChI is InChI=1S/C11H14BrN3O2/c1-2-9-4-3-5-14(9)11-10(15(16)17)6-8(12)7-13-11/h6-7,9H,2-5H2,1H3. The van der Waals surface area contributed by atoms with E-state index in [0.717, 1.165) is 25.8 Å². The molecule has 1 aromatic heterocycles. The van der Waals surface area contributed by atoms with E-state index < -0.39 is 0 Å². The van der Waals surface area contributed by atoms with E-state index in [9.17, 15) is 10.1 Å². The summed E-state index contributed by atoms with van der Waals surface area (Å²) in [5.41, 5.74) is 0.0831. The molecule has 5 nitrogen and oxygen atoms in total. The average Bonchev–Trinajstić information content (AvgIpc) is 2.76. The molecule has 0 spiro atoms. The topological polar surface area (TPSA) is 59.3 Å². The Morgan fingerprint density at radius 3 is 3.12 bits per heavy atom. The van der Waals surface area contributed by atoms with Crippen molar-refractivity contribution in [2.24, 2.45) is 0 Å². The van der Waals surface area contributed by atoms with E-state index in [1.807, 2.05) is 0 Å². The van der Waals surface area contributed by atoms with Crippen LogP contribution in [-0.2, 0) is 0 Å². The van der Waals surface area contributed by atoms with Crippen LogP contribution in [0, 0.1) is 10.1 Å². The van der Waals surface area contributed by atoms with Crippen molar-refractivity contribution in [2.75, 3.05) is 11.4 Å². The summed E-state index contributed by atoms with van der Waals surface area (Å²) in [6.45, 7) is 2.96. The van der Waals surface area contributed by atoms with Crippen molar-refractivity contribution in [1.82, 2.24) is 4.98 Å². The van der Waals surface area contributed by atoms with Gasteiger partial charge in [-0.2, -0.15) is 0 Å². The average molecular weight is 300 g/mol. The molecular weight excluding hydrogens is 286 g/mol. The molecule has 1 aliphatic rings. The quantitative estimate of drug-likeness (QED) is 0.635. The first-order valence-electron chi connectivity index (χ1n) is 5.70. The van der Waals surface area contributed by atoms with Crippen molar-refractivity contribution in [3.63, 3.8) is 0 Å². The molecule has 1 saturated heterocycles. The Morgan fingerprint density at radius 1 is 1.71 bits per heavy atom. The predicted octanol–water partition coefficient (Wildman–Crippen LogP) is 3.13. The Hall–Kier alpha value is -1.17.